The predicted octanol–water partition coefficient (Wildman–Crippen LogP) is 1.94. The molecule has 1 saturated heterocycles. The lowest BCUT2D eigenvalue weighted by Crippen LogP contribution is -2.47. The SMILES string of the molecule is CCNCCCCCCN1CCN(C2CC2)CC1. The molecule has 0 aromatic carbocycles. The number of nitrogens with one attached hydrogen (secondary N) is 1. The third-order valence-electron chi connectivity index (χ3n) is 4.30. The number of piperazine rings is 1. The summed E-state index contributed by atoms with van der Waals surface area (Å²) in [5, 5.41) is 3.39. The van der Waals surface area contributed by atoms with Crippen LogP contribution in [-0.2, 0) is 0 Å². The Balaban J connectivity index is 1.40. The first-order chi connectivity index (χ1) is 8.90. The van der Waals surface area contributed by atoms with E-state index in [4.69, 9.17) is 0 Å². The van der Waals surface area contributed by atoms with Crippen LogP contribution in [0.1, 0.15) is 45.4 Å². The van der Waals surface area contributed by atoms with Crippen LogP contribution < -0.4 is 5.32 Å². The molecular formula is C15H31N3. The Morgan fingerprint density at radius 2 is 1.67 bits per heavy atom. The van der Waals surface area contributed by atoms with Crippen molar-refractivity contribution in [3.8, 4) is 0 Å². The zero-order valence-corrected chi connectivity index (χ0v) is 12.2. The Morgan fingerprint density at radius 1 is 0.944 bits per heavy atom. The highest BCUT2D eigenvalue weighted by molar-refractivity contribution is 4.87. The van der Waals surface area contributed by atoms with Gasteiger partial charge in [0.25, 0.3) is 0 Å². The van der Waals surface area contributed by atoms with Crippen molar-refractivity contribution in [2.75, 3.05) is 45.8 Å². The lowest BCUT2D eigenvalue weighted by molar-refractivity contribution is 0.125. The molecule has 0 aromatic heterocycles. The Labute approximate surface area is 113 Å². The van der Waals surface area contributed by atoms with Crippen LogP contribution in [0.2, 0.25) is 0 Å². The largest absolute Gasteiger partial charge is 0.317 e. The van der Waals surface area contributed by atoms with E-state index in [1.165, 1.54) is 77.8 Å². The molecule has 1 aliphatic heterocycles. The Hall–Kier alpha value is -0.120. The molecule has 3 nitrogen and oxygen atoms in total. The van der Waals surface area contributed by atoms with E-state index in [9.17, 15) is 0 Å². The molecule has 0 bridgehead atoms. The molecular weight excluding hydrogens is 222 g/mol. The van der Waals surface area contributed by atoms with Crippen molar-refractivity contribution in [1.82, 2.24) is 15.1 Å². The molecule has 0 spiro atoms. The van der Waals surface area contributed by atoms with Gasteiger partial charge in [0.05, 0.1) is 0 Å². The Bertz CT molecular complexity index is 208. The molecule has 0 unspecified atom stereocenters. The summed E-state index contributed by atoms with van der Waals surface area (Å²) in [5.74, 6) is 0. The van der Waals surface area contributed by atoms with Crippen molar-refractivity contribution >= 4 is 0 Å². The van der Waals surface area contributed by atoms with Gasteiger partial charge in [0, 0.05) is 32.2 Å². The molecule has 2 fully saturated rings. The minimum Gasteiger partial charge on any atom is -0.317 e. The van der Waals surface area contributed by atoms with Gasteiger partial charge >= 0.3 is 0 Å². The molecule has 18 heavy (non-hydrogen) atoms. The van der Waals surface area contributed by atoms with Crippen LogP contribution in [0.5, 0.6) is 0 Å². The molecule has 3 heteroatoms. The van der Waals surface area contributed by atoms with Crippen molar-refractivity contribution in [1.29, 1.82) is 0 Å². The van der Waals surface area contributed by atoms with Crippen LogP contribution >= 0.6 is 0 Å². The molecule has 1 heterocycles. The van der Waals surface area contributed by atoms with E-state index in [0.717, 1.165) is 12.6 Å². The number of unbranched alkanes of at least 4 members (excludes halogenated alkanes) is 3. The van der Waals surface area contributed by atoms with Gasteiger partial charge in [-0.2, -0.15) is 0 Å². The minimum atomic E-state index is 0.971. The van der Waals surface area contributed by atoms with Gasteiger partial charge in [-0.1, -0.05) is 19.8 Å². The van der Waals surface area contributed by atoms with Gasteiger partial charge in [-0.15, -0.1) is 0 Å². The maximum absolute atomic E-state index is 3.39. The van der Waals surface area contributed by atoms with Gasteiger partial charge in [-0.25, -0.2) is 0 Å². The van der Waals surface area contributed by atoms with Gasteiger partial charge < -0.3 is 10.2 Å². The zero-order valence-electron chi connectivity index (χ0n) is 12.2. The Kier molecular flexibility index (Phi) is 6.46. The van der Waals surface area contributed by atoms with Crippen molar-refractivity contribution < 1.29 is 0 Å². The monoisotopic (exact) mass is 253 g/mol. The van der Waals surface area contributed by atoms with Gasteiger partial charge in [0.15, 0.2) is 0 Å². The van der Waals surface area contributed by atoms with E-state index < -0.39 is 0 Å². The van der Waals surface area contributed by atoms with Crippen molar-refractivity contribution in [3.05, 3.63) is 0 Å². The highest BCUT2D eigenvalue weighted by atomic mass is 15.3. The quantitative estimate of drug-likeness (QED) is 0.634. The topological polar surface area (TPSA) is 18.5 Å². The fraction of sp³-hybridized carbons (Fsp3) is 1.00. The first-order valence-corrected chi connectivity index (χ1v) is 8.07. The molecule has 0 aromatic rings. The molecule has 0 radical (unpaired) electrons. The number of rotatable bonds is 9. The average molecular weight is 253 g/mol. The summed E-state index contributed by atoms with van der Waals surface area (Å²) in [5.41, 5.74) is 0. The fourth-order valence-corrected chi connectivity index (χ4v) is 2.91. The molecule has 2 aliphatic rings. The maximum Gasteiger partial charge on any atom is 0.0113 e. The van der Waals surface area contributed by atoms with Gasteiger partial charge in [-0.05, 0) is 45.3 Å². The van der Waals surface area contributed by atoms with Crippen molar-refractivity contribution in [3.63, 3.8) is 0 Å². The summed E-state index contributed by atoms with van der Waals surface area (Å²) in [6, 6.07) is 0.971. The van der Waals surface area contributed by atoms with Crippen LogP contribution in [0.4, 0.5) is 0 Å². The van der Waals surface area contributed by atoms with Crippen LogP contribution in [0.25, 0.3) is 0 Å². The predicted molar refractivity (Wildman–Crippen MR) is 78.0 cm³/mol. The first kappa shape index (κ1) is 14.3. The minimum absolute atomic E-state index is 0.971. The van der Waals surface area contributed by atoms with E-state index in [2.05, 4.69) is 22.0 Å². The zero-order chi connectivity index (χ0) is 12.6. The van der Waals surface area contributed by atoms with E-state index in [1.807, 2.05) is 0 Å². The average Bonchev–Trinajstić information content (AvgIpc) is 3.23. The molecule has 2 rings (SSSR count). The summed E-state index contributed by atoms with van der Waals surface area (Å²) in [6.45, 7) is 11.1. The van der Waals surface area contributed by atoms with Crippen molar-refractivity contribution in [2.24, 2.45) is 0 Å². The highest BCUT2D eigenvalue weighted by Crippen LogP contribution is 2.27. The summed E-state index contributed by atoms with van der Waals surface area (Å²) in [4.78, 5) is 5.37. The second-order valence-corrected chi connectivity index (χ2v) is 5.88. The van der Waals surface area contributed by atoms with E-state index in [0.29, 0.717) is 0 Å². The number of hydrogen-bond donors (Lipinski definition) is 1. The lowest BCUT2D eigenvalue weighted by atomic mass is 10.2. The molecule has 1 saturated carbocycles. The van der Waals surface area contributed by atoms with Crippen LogP contribution in [0, 0.1) is 0 Å². The summed E-state index contributed by atoms with van der Waals surface area (Å²) in [6.07, 6.45) is 8.49. The lowest BCUT2D eigenvalue weighted by Gasteiger charge is -2.34. The third kappa shape index (κ3) is 5.25. The van der Waals surface area contributed by atoms with Gasteiger partial charge in [-0.3, -0.25) is 4.90 Å². The van der Waals surface area contributed by atoms with E-state index in [-0.39, 0.29) is 0 Å². The fourth-order valence-electron chi connectivity index (χ4n) is 2.91. The summed E-state index contributed by atoms with van der Waals surface area (Å²) in [7, 11) is 0. The van der Waals surface area contributed by atoms with Crippen LogP contribution in [0.3, 0.4) is 0 Å². The summed E-state index contributed by atoms with van der Waals surface area (Å²) >= 11 is 0. The molecule has 0 atom stereocenters. The van der Waals surface area contributed by atoms with Crippen LogP contribution in [-0.4, -0.2) is 61.7 Å². The molecule has 106 valence electrons. The van der Waals surface area contributed by atoms with Crippen LogP contribution in [0.15, 0.2) is 0 Å². The second-order valence-electron chi connectivity index (χ2n) is 5.88. The highest BCUT2D eigenvalue weighted by Gasteiger charge is 2.30. The third-order valence-corrected chi connectivity index (χ3v) is 4.30. The standard InChI is InChI=1S/C15H31N3/c1-2-16-9-5-3-4-6-10-17-11-13-18(14-12-17)15-7-8-15/h15-16H,2-14H2,1H3. The summed E-state index contributed by atoms with van der Waals surface area (Å²) < 4.78 is 0. The smallest absolute Gasteiger partial charge is 0.0113 e. The van der Waals surface area contributed by atoms with Crippen molar-refractivity contribution in [2.45, 2.75) is 51.5 Å². The van der Waals surface area contributed by atoms with Gasteiger partial charge in [0.2, 0.25) is 0 Å². The normalized spacial score (nSPS) is 22.5. The van der Waals surface area contributed by atoms with E-state index >= 15 is 0 Å². The molecule has 1 aliphatic carbocycles. The first-order valence-electron chi connectivity index (χ1n) is 8.07. The van der Waals surface area contributed by atoms with Gasteiger partial charge in [0.1, 0.15) is 0 Å². The molecule has 1 N–H and O–H groups in total. The number of hydrogen-bond acceptors (Lipinski definition) is 3. The molecule has 0 amide bonds. The number of nitrogens with zero attached hydrogens (tertiary/aromatic N) is 2. The second kappa shape index (κ2) is 8.13. The van der Waals surface area contributed by atoms with E-state index in [1.54, 1.807) is 0 Å². The maximum atomic E-state index is 3.39. The Morgan fingerprint density at radius 3 is 2.33 bits per heavy atom.